The van der Waals surface area contributed by atoms with Gasteiger partial charge in [-0.2, -0.15) is 4.98 Å². The molecule has 1 fully saturated rings. The molecule has 2 N–H and O–H groups in total. The van der Waals surface area contributed by atoms with Crippen LogP contribution < -0.4 is 30.0 Å². The second-order valence-electron chi connectivity index (χ2n) is 6.98. The number of nitrogens with zero attached hydrogens (tertiary/aromatic N) is 2. The van der Waals surface area contributed by atoms with Crippen LogP contribution in [0.4, 0.5) is 11.8 Å². The smallest absolute Gasteiger partial charge is 0.258 e. The monoisotopic (exact) mass is 416 g/mol. The summed E-state index contributed by atoms with van der Waals surface area (Å²) in [6, 6.07) is 3.51. The summed E-state index contributed by atoms with van der Waals surface area (Å²) in [5, 5.41) is 2.74. The summed E-state index contributed by atoms with van der Waals surface area (Å²) in [6.45, 7) is 2.34. The van der Waals surface area contributed by atoms with Crippen molar-refractivity contribution in [3.63, 3.8) is 0 Å². The predicted octanol–water partition coefficient (Wildman–Crippen LogP) is 1.11. The van der Waals surface area contributed by atoms with Crippen molar-refractivity contribution in [3.8, 4) is 17.2 Å². The molecule has 1 aromatic carbocycles. The number of carbonyl (C=O) groups excluding carboxylic acids is 1. The van der Waals surface area contributed by atoms with Gasteiger partial charge in [-0.25, -0.2) is 0 Å². The fourth-order valence-corrected chi connectivity index (χ4v) is 3.95. The van der Waals surface area contributed by atoms with Crippen molar-refractivity contribution in [1.29, 1.82) is 0 Å². The Hall–Kier alpha value is -3.27. The summed E-state index contributed by atoms with van der Waals surface area (Å²) >= 11 is 0. The highest BCUT2D eigenvalue weighted by molar-refractivity contribution is 5.94. The van der Waals surface area contributed by atoms with Crippen molar-refractivity contribution in [2.45, 2.75) is 12.3 Å². The maximum absolute atomic E-state index is 13.1. The summed E-state index contributed by atoms with van der Waals surface area (Å²) < 4.78 is 21.7. The molecule has 1 atom stereocenters. The number of amides is 1. The van der Waals surface area contributed by atoms with Crippen molar-refractivity contribution >= 4 is 17.7 Å². The number of hydrogen-bond acceptors (Lipinski definition) is 8. The first-order valence-corrected chi connectivity index (χ1v) is 9.63. The summed E-state index contributed by atoms with van der Waals surface area (Å²) in [6.07, 6.45) is 0.0838. The molecule has 160 valence electrons. The van der Waals surface area contributed by atoms with Crippen LogP contribution in [0.25, 0.3) is 0 Å². The molecule has 10 nitrogen and oxygen atoms in total. The van der Waals surface area contributed by atoms with Crippen LogP contribution in [-0.2, 0) is 9.53 Å². The topological polar surface area (TPSA) is 115 Å². The fraction of sp³-hybridized carbons (Fsp3) is 0.450. The normalized spacial score (nSPS) is 18.4. The van der Waals surface area contributed by atoms with Gasteiger partial charge in [0.25, 0.3) is 5.56 Å². The summed E-state index contributed by atoms with van der Waals surface area (Å²) in [7, 11) is 4.55. The minimum atomic E-state index is -0.543. The van der Waals surface area contributed by atoms with E-state index < -0.39 is 5.92 Å². The number of methoxy groups -OCH3 is 3. The Kier molecular flexibility index (Phi) is 5.49. The van der Waals surface area contributed by atoms with E-state index in [1.54, 1.807) is 12.1 Å². The number of morpholine rings is 1. The first kappa shape index (κ1) is 20.0. The van der Waals surface area contributed by atoms with E-state index in [-0.39, 0.29) is 23.7 Å². The van der Waals surface area contributed by atoms with Gasteiger partial charge in [-0.15, -0.1) is 0 Å². The second-order valence-corrected chi connectivity index (χ2v) is 6.98. The van der Waals surface area contributed by atoms with Gasteiger partial charge in [0.2, 0.25) is 17.6 Å². The van der Waals surface area contributed by atoms with Crippen LogP contribution in [0.1, 0.15) is 23.5 Å². The number of anilines is 2. The maximum atomic E-state index is 13.1. The Morgan fingerprint density at radius 1 is 1.07 bits per heavy atom. The number of rotatable bonds is 5. The van der Waals surface area contributed by atoms with E-state index in [4.69, 9.17) is 18.9 Å². The third-order valence-electron chi connectivity index (χ3n) is 5.36. The minimum Gasteiger partial charge on any atom is -0.493 e. The number of aromatic amines is 1. The van der Waals surface area contributed by atoms with E-state index in [0.29, 0.717) is 60.6 Å². The average Bonchev–Trinajstić information content (AvgIpc) is 2.77. The Balaban J connectivity index is 1.83. The number of benzene rings is 1. The van der Waals surface area contributed by atoms with Gasteiger partial charge in [0.1, 0.15) is 5.82 Å². The predicted molar refractivity (Wildman–Crippen MR) is 109 cm³/mol. The molecule has 10 heteroatoms. The molecule has 1 amide bonds. The van der Waals surface area contributed by atoms with Crippen LogP contribution in [0.15, 0.2) is 16.9 Å². The maximum Gasteiger partial charge on any atom is 0.258 e. The highest BCUT2D eigenvalue weighted by atomic mass is 16.5. The van der Waals surface area contributed by atoms with Crippen LogP contribution in [0, 0.1) is 0 Å². The van der Waals surface area contributed by atoms with Gasteiger partial charge < -0.3 is 29.2 Å². The summed E-state index contributed by atoms with van der Waals surface area (Å²) in [4.78, 5) is 34.9. The number of hydrogen-bond donors (Lipinski definition) is 2. The molecular formula is C20H24N4O6. The molecule has 0 aliphatic carbocycles. The van der Waals surface area contributed by atoms with Crippen molar-refractivity contribution in [1.82, 2.24) is 9.97 Å². The molecule has 4 rings (SSSR count). The number of ether oxygens (including phenoxy) is 4. The van der Waals surface area contributed by atoms with Crippen molar-refractivity contribution < 1.29 is 23.7 Å². The molecule has 3 heterocycles. The third-order valence-corrected chi connectivity index (χ3v) is 5.36. The number of carbonyl (C=O) groups is 1. The van der Waals surface area contributed by atoms with E-state index in [9.17, 15) is 9.59 Å². The molecule has 2 aromatic rings. The largest absolute Gasteiger partial charge is 0.493 e. The molecule has 0 radical (unpaired) electrons. The van der Waals surface area contributed by atoms with Crippen molar-refractivity contribution in [2.24, 2.45) is 0 Å². The lowest BCUT2D eigenvalue weighted by atomic mass is 9.86. The standard InChI is InChI=1S/C20H24N4O6/c1-27-13-5-4-11(16(28-2)17(13)29-3)12-10-14(25)21-18-15(12)19(26)23-20(22-18)24-6-8-30-9-7-24/h4-5,12H,6-10H2,1-3H3,(H2,21,22,23,25,26)/t12-/m0/s1. The zero-order valence-corrected chi connectivity index (χ0v) is 17.1. The molecule has 0 spiro atoms. The molecule has 1 saturated heterocycles. The third kappa shape index (κ3) is 3.43. The van der Waals surface area contributed by atoms with Gasteiger partial charge in [-0.3, -0.25) is 14.6 Å². The number of nitrogens with one attached hydrogen (secondary N) is 2. The van der Waals surface area contributed by atoms with E-state index in [1.165, 1.54) is 21.3 Å². The van der Waals surface area contributed by atoms with Crippen LogP contribution in [0.2, 0.25) is 0 Å². The molecule has 0 unspecified atom stereocenters. The zero-order chi connectivity index (χ0) is 21.3. The van der Waals surface area contributed by atoms with Gasteiger partial charge in [-0.05, 0) is 6.07 Å². The van der Waals surface area contributed by atoms with Crippen molar-refractivity contribution in [2.75, 3.05) is 57.8 Å². The summed E-state index contributed by atoms with van der Waals surface area (Å²) in [5.41, 5.74) is 0.734. The molecule has 0 saturated carbocycles. The van der Waals surface area contributed by atoms with E-state index in [0.717, 1.165) is 0 Å². The Morgan fingerprint density at radius 2 is 1.80 bits per heavy atom. The Labute approximate surface area is 173 Å². The molecule has 1 aromatic heterocycles. The molecular weight excluding hydrogens is 392 g/mol. The lowest BCUT2D eigenvalue weighted by Crippen LogP contribution is -2.40. The van der Waals surface area contributed by atoms with Crippen LogP contribution in [0.5, 0.6) is 17.2 Å². The Bertz CT molecular complexity index is 1020. The van der Waals surface area contributed by atoms with E-state index in [2.05, 4.69) is 15.3 Å². The zero-order valence-electron chi connectivity index (χ0n) is 17.1. The van der Waals surface area contributed by atoms with Crippen molar-refractivity contribution in [3.05, 3.63) is 33.6 Å². The minimum absolute atomic E-state index is 0.0838. The molecule has 2 aliphatic heterocycles. The molecule has 2 aliphatic rings. The van der Waals surface area contributed by atoms with Gasteiger partial charge in [0.15, 0.2) is 11.5 Å². The highest BCUT2D eigenvalue weighted by Crippen LogP contribution is 2.46. The lowest BCUT2D eigenvalue weighted by Gasteiger charge is -2.30. The average molecular weight is 416 g/mol. The van der Waals surface area contributed by atoms with Crippen LogP contribution >= 0.6 is 0 Å². The first-order chi connectivity index (χ1) is 14.6. The lowest BCUT2D eigenvalue weighted by molar-refractivity contribution is -0.116. The summed E-state index contributed by atoms with van der Waals surface area (Å²) in [5.74, 6) is 1.22. The van der Waals surface area contributed by atoms with Gasteiger partial charge >= 0.3 is 0 Å². The quantitative estimate of drug-likeness (QED) is 0.745. The molecule has 0 bridgehead atoms. The van der Waals surface area contributed by atoms with Gasteiger partial charge in [0.05, 0.1) is 40.1 Å². The van der Waals surface area contributed by atoms with E-state index >= 15 is 0 Å². The van der Waals surface area contributed by atoms with E-state index in [1.807, 2.05) is 4.90 Å². The Morgan fingerprint density at radius 3 is 2.47 bits per heavy atom. The van der Waals surface area contributed by atoms with Crippen LogP contribution in [0.3, 0.4) is 0 Å². The number of aromatic nitrogens is 2. The number of fused-ring (bicyclic) bond motifs is 1. The van der Waals surface area contributed by atoms with Gasteiger partial charge in [0, 0.05) is 31.0 Å². The van der Waals surface area contributed by atoms with Crippen LogP contribution in [-0.4, -0.2) is 63.5 Å². The first-order valence-electron chi connectivity index (χ1n) is 9.63. The second kappa shape index (κ2) is 8.23. The SMILES string of the molecule is COc1ccc([C@@H]2CC(=O)Nc3nc(N4CCOCC4)[nH]c(=O)c32)c(OC)c1OC. The highest BCUT2D eigenvalue weighted by Gasteiger charge is 2.34. The fourth-order valence-electron chi connectivity index (χ4n) is 3.95. The molecule has 30 heavy (non-hydrogen) atoms. The number of H-pyrrole nitrogens is 1. The van der Waals surface area contributed by atoms with Gasteiger partial charge in [-0.1, -0.05) is 6.07 Å².